The van der Waals surface area contributed by atoms with Crippen molar-refractivity contribution in [3.63, 3.8) is 0 Å². The predicted octanol–water partition coefficient (Wildman–Crippen LogP) is 2.94. The van der Waals surface area contributed by atoms with Gasteiger partial charge in [0.25, 0.3) is 5.56 Å². The molecule has 2 heterocycles. The maximum atomic E-state index is 12.8. The Morgan fingerprint density at radius 2 is 1.86 bits per heavy atom. The molecule has 180 valence electrons. The van der Waals surface area contributed by atoms with Crippen LogP contribution < -0.4 is 16.1 Å². The normalized spacial score (nSPS) is 13.5. The van der Waals surface area contributed by atoms with E-state index in [2.05, 4.69) is 4.98 Å². The van der Waals surface area contributed by atoms with Crippen molar-refractivity contribution in [1.82, 2.24) is 14.5 Å². The van der Waals surface area contributed by atoms with Gasteiger partial charge in [-0.15, -0.1) is 0 Å². The van der Waals surface area contributed by atoms with Gasteiger partial charge in [-0.3, -0.25) is 19.1 Å². The smallest absolute Gasteiger partial charge is 0.262 e. The Bertz CT molecular complexity index is 1520. The number of carbonyl (C=O) groups is 1. The molecule has 3 aromatic rings. The van der Waals surface area contributed by atoms with Gasteiger partial charge >= 0.3 is 0 Å². The molecule has 0 saturated carbocycles. The molecule has 35 heavy (non-hydrogen) atoms. The van der Waals surface area contributed by atoms with Crippen molar-refractivity contribution in [1.29, 1.82) is 0 Å². The molecule has 1 aliphatic rings. The second-order valence-electron chi connectivity index (χ2n) is 8.37. The van der Waals surface area contributed by atoms with Crippen molar-refractivity contribution in [2.24, 2.45) is 4.99 Å². The summed E-state index contributed by atoms with van der Waals surface area (Å²) >= 11 is 5.33. The summed E-state index contributed by atoms with van der Waals surface area (Å²) in [6.45, 7) is 5.06. The number of para-hydroxylation sites is 1. The first-order chi connectivity index (χ1) is 16.9. The molecule has 7 nitrogen and oxygen atoms in total. The van der Waals surface area contributed by atoms with Gasteiger partial charge in [0, 0.05) is 31.8 Å². The number of aromatic hydroxyl groups is 1. The molecule has 8 heteroatoms. The van der Waals surface area contributed by atoms with Crippen molar-refractivity contribution in [3.8, 4) is 5.88 Å². The first-order valence-corrected chi connectivity index (χ1v) is 12.0. The maximum Gasteiger partial charge on any atom is 0.262 e. The number of nitrogens with one attached hydrogen (secondary N) is 1. The van der Waals surface area contributed by atoms with E-state index >= 15 is 0 Å². The van der Waals surface area contributed by atoms with Gasteiger partial charge in [-0.25, -0.2) is 4.99 Å². The van der Waals surface area contributed by atoms with Crippen LogP contribution in [-0.4, -0.2) is 38.6 Å². The van der Waals surface area contributed by atoms with Crippen LogP contribution in [0.15, 0.2) is 70.1 Å². The number of hydrogen-bond acceptors (Lipinski definition) is 5. The molecule has 2 aromatic carbocycles. The largest absolute Gasteiger partial charge is 0.494 e. The van der Waals surface area contributed by atoms with E-state index in [9.17, 15) is 14.7 Å². The van der Waals surface area contributed by atoms with Crippen molar-refractivity contribution >= 4 is 29.8 Å². The minimum atomic E-state index is -0.472. The number of aromatic amines is 1. The van der Waals surface area contributed by atoms with Crippen LogP contribution in [0.1, 0.15) is 31.4 Å². The molecular weight excluding hydrogens is 460 g/mol. The van der Waals surface area contributed by atoms with E-state index in [1.165, 1.54) is 4.57 Å². The molecule has 0 atom stereocenters. The zero-order chi connectivity index (χ0) is 24.9. The summed E-state index contributed by atoms with van der Waals surface area (Å²) in [5.41, 5.74) is 2.26. The number of benzene rings is 2. The van der Waals surface area contributed by atoms with Crippen molar-refractivity contribution in [3.05, 3.63) is 97.1 Å². The van der Waals surface area contributed by atoms with Crippen LogP contribution >= 0.6 is 12.2 Å². The minimum Gasteiger partial charge on any atom is -0.494 e. The zero-order valence-corrected chi connectivity index (χ0v) is 20.6. The van der Waals surface area contributed by atoms with Crippen LogP contribution in [0, 0.1) is 4.77 Å². The van der Waals surface area contributed by atoms with E-state index in [-0.39, 0.29) is 22.1 Å². The first-order valence-electron chi connectivity index (χ1n) is 11.6. The molecule has 0 aliphatic carbocycles. The Labute approximate surface area is 208 Å². The third kappa shape index (κ3) is 5.33. The Hall–Kier alpha value is -3.78. The first kappa shape index (κ1) is 24.3. The number of hydrogen-bond donors (Lipinski definition) is 2. The van der Waals surface area contributed by atoms with E-state index in [0.717, 1.165) is 21.7 Å². The summed E-state index contributed by atoms with van der Waals surface area (Å²) in [6.07, 6.45) is 2.84. The third-order valence-corrected chi connectivity index (χ3v) is 6.52. The van der Waals surface area contributed by atoms with E-state index in [1.54, 1.807) is 17.9 Å². The van der Waals surface area contributed by atoms with Crippen LogP contribution in [-0.2, 0) is 17.8 Å². The Morgan fingerprint density at radius 3 is 2.57 bits per heavy atom. The summed E-state index contributed by atoms with van der Waals surface area (Å²) in [7, 11) is 0. The maximum absolute atomic E-state index is 12.8. The molecule has 1 aromatic heterocycles. The van der Waals surface area contributed by atoms with Crippen LogP contribution in [0.2, 0.25) is 0 Å². The SMILES string of the molecule is CCN(CCC1=c2ccccc2=N/C1=C\c1c(O)n(CCc2ccccc2)c(=S)[nH]c1=O)C(C)=O. The highest BCUT2D eigenvalue weighted by molar-refractivity contribution is 7.71. The molecule has 0 bridgehead atoms. The number of amides is 1. The highest BCUT2D eigenvalue weighted by atomic mass is 32.1. The lowest BCUT2D eigenvalue weighted by Crippen LogP contribution is -2.30. The minimum absolute atomic E-state index is 0.0106. The number of aryl methyl sites for hydroxylation is 1. The Morgan fingerprint density at radius 1 is 1.14 bits per heavy atom. The topological polar surface area (TPSA) is 90.7 Å². The fourth-order valence-corrected chi connectivity index (χ4v) is 4.53. The second-order valence-corrected chi connectivity index (χ2v) is 8.76. The van der Waals surface area contributed by atoms with Gasteiger partial charge in [-0.2, -0.15) is 0 Å². The molecule has 2 N–H and O–H groups in total. The van der Waals surface area contributed by atoms with Crippen LogP contribution in [0.5, 0.6) is 5.88 Å². The average molecular weight is 489 g/mol. The lowest BCUT2D eigenvalue weighted by Gasteiger charge is -2.19. The standard InChI is InChI=1S/C27H28N4O3S/c1-3-30(18(2)32)15-14-21-20-11-7-8-12-23(20)28-24(21)17-22-25(33)29-27(35)31(26(22)34)16-13-19-9-5-4-6-10-19/h4-12,17,34H,3,13-16H2,1-2H3,(H,29,33,35)/b24-17-. The van der Waals surface area contributed by atoms with E-state index in [0.29, 0.717) is 38.2 Å². The lowest BCUT2D eigenvalue weighted by molar-refractivity contribution is -0.128. The third-order valence-electron chi connectivity index (χ3n) is 6.19. The molecule has 0 saturated heterocycles. The highest BCUT2D eigenvalue weighted by Gasteiger charge is 2.18. The van der Waals surface area contributed by atoms with Gasteiger partial charge in [0.1, 0.15) is 5.56 Å². The van der Waals surface area contributed by atoms with Crippen LogP contribution in [0.4, 0.5) is 0 Å². The number of allylic oxidation sites excluding steroid dienone is 1. The number of H-pyrrole nitrogens is 1. The van der Waals surface area contributed by atoms with Crippen LogP contribution in [0.3, 0.4) is 0 Å². The number of aromatic nitrogens is 2. The summed E-state index contributed by atoms with van der Waals surface area (Å²) in [4.78, 5) is 33.9. The number of nitrogens with zero attached hydrogens (tertiary/aromatic N) is 3. The quantitative estimate of drug-likeness (QED) is 0.477. The molecular formula is C27H28N4O3S. The molecule has 1 aliphatic heterocycles. The lowest BCUT2D eigenvalue weighted by atomic mass is 10.1. The fourth-order valence-electron chi connectivity index (χ4n) is 4.26. The van der Waals surface area contributed by atoms with E-state index in [4.69, 9.17) is 17.2 Å². The summed E-state index contributed by atoms with van der Waals surface area (Å²) in [6, 6.07) is 17.6. The fraction of sp³-hybridized carbons (Fsp3) is 0.259. The van der Waals surface area contributed by atoms with Gasteiger partial charge in [0.2, 0.25) is 11.8 Å². The zero-order valence-electron chi connectivity index (χ0n) is 19.8. The molecule has 1 amide bonds. The number of rotatable bonds is 8. The molecule has 4 rings (SSSR count). The van der Waals surface area contributed by atoms with Crippen molar-refractivity contribution in [2.75, 3.05) is 13.1 Å². The summed E-state index contributed by atoms with van der Waals surface area (Å²) in [5.74, 6) is -0.178. The summed E-state index contributed by atoms with van der Waals surface area (Å²) in [5, 5.41) is 12.8. The number of fused-ring (bicyclic) bond motifs is 1. The molecule has 0 fully saturated rings. The predicted molar refractivity (Wildman–Crippen MR) is 139 cm³/mol. The van der Waals surface area contributed by atoms with Gasteiger partial charge in [-0.1, -0.05) is 48.5 Å². The Balaban J connectivity index is 1.73. The summed E-state index contributed by atoms with van der Waals surface area (Å²) < 4.78 is 1.70. The Kier molecular flexibility index (Phi) is 7.41. The van der Waals surface area contributed by atoms with Gasteiger partial charge in [-0.05, 0) is 55.3 Å². The molecule has 0 unspecified atom stereocenters. The average Bonchev–Trinajstić information content (AvgIpc) is 3.19. The second kappa shape index (κ2) is 10.7. The van der Waals surface area contributed by atoms with Crippen molar-refractivity contribution in [2.45, 2.75) is 33.2 Å². The van der Waals surface area contributed by atoms with Gasteiger partial charge in [0.05, 0.1) is 11.1 Å². The van der Waals surface area contributed by atoms with E-state index in [1.807, 2.05) is 61.5 Å². The van der Waals surface area contributed by atoms with Crippen LogP contribution in [0.25, 0.3) is 11.6 Å². The van der Waals surface area contributed by atoms with Crippen molar-refractivity contribution < 1.29 is 9.90 Å². The van der Waals surface area contributed by atoms with Gasteiger partial charge < -0.3 is 10.0 Å². The van der Waals surface area contributed by atoms with E-state index < -0.39 is 5.56 Å². The number of carbonyl (C=O) groups excluding carboxylic acids is 1. The highest BCUT2D eigenvalue weighted by Crippen LogP contribution is 2.24. The van der Waals surface area contributed by atoms with Gasteiger partial charge in [0.15, 0.2) is 4.77 Å². The monoisotopic (exact) mass is 488 g/mol. The molecule has 0 spiro atoms. The molecule has 0 radical (unpaired) electrons.